The van der Waals surface area contributed by atoms with Crippen LogP contribution in [0.3, 0.4) is 0 Å². The minimum Gasteiger partial charge on any atom is -0.462 e. The number of carbonyl (C=O) groups is 2. The maximum atomic E-state index is 11.3. The van der Waals surface area contributed by atoms with Crippen LogP contribution >= 0.6 is 0 Å². The first kappa shape index (κ1) is 19.8. The highest BCUT2D eigenvalue weighted by Gasteiger charge is 2.30. The number of aliphatic hydroxyl groups is 1. The lowest BCUT2D eigenvalue weighted by Crippen LogP contribution is -2.35. The minimum absolute atomic E-state index is 0.0636. The summed E-state index contributed by atoms with van der Waals surface area (Å²) < 4.78 is 9.82. The molecule has 0 spiro atoms. The van der Waals surface area contributed by atoms with E-state index in [-0.39, 0.29) is 37.2 Å². The van der Waals surface area contributed by atoms with Gasteiger partial charge in [0.05, 0.1) is 19.8 Å². The van der Waals surface area contributed by atoms with E-state index in [2.05, 4.69) is 18.2 Å². The van der Waals surface area contributed by atoms with Crippen molar-refractivity contribution < 1.29 is 29.0 Å². The number of aliphatic hydroxyl groups excluding tert-OH is 1. The number of aliphatic imine (C=N–C) groups is 1. The van der Waals surface area contributed by atoms with Crippen LogP contribution in [0.1, 0.15) is 26.7 Å². The number of isocyanates is 1. The SMILES string of the molecule is C=C(C)C(=O)OCCC(CO)(CCOC(=O)C(=C)C)N=C=O. The molecule has 0 aliphatic rings. The molecule has 7 nitrogen and oxygen atoms in total. The molecule has 0 aliphatic heterocycles. The third-order valence-electron chi connectivity index (χ3n) is 2.88. The van der Waals surface area contributed by atoms with Crippen molar-refractivity contribution in [1.29, 1.82) is 0 Å². The third kappa shape index (κ3) is 6.97. The van der Waals surface area contributed by atoms with Crippen LogP contribution in [0.2, 0.25) is 0 Å². The number of hydrogen-bond acceptors (Lipinski definition) is 7. The number of carbonyl (C=O) groups excluding carboxylic acids is 3. The van der Waals surface area contributed by atoms with Gasteiger partial charge in [0.2, 0.25) is 6.08 Å². The Balaban J connectivity index is 4.61. The molecule has 0 saturated carbocycles. The van der Waals surface area contributed by atoms with E-state index in [1.807, 2.05) is 0 Å². The van der Waals surface area contributed by atoms with Gasteiger partial charge in [-0.1, -0.05) is 13.2 Å². The summed E-state index contributed by atoms with van der Waals surface area (Å²) in [5.74, 6) is -1.15. The van der Waals surface area contributed by atoms with Gasteiger partial charge in [0.25, 0.3) is 0 Å². The molecule has 0 aromatic carbocycles. The first-order chi connectivity index (χ1) is 10.3. The van der Waals surface area contributed by atoms with Crippen molar-refractivity contribution >= 4 is 18.0 Å². The summed E-state index contributed by atoms with van der Waals surface area (Å²) >= 11 is 0. The summed E-state index contributed by atoms with van der Waals surface area (Å²) in [7, 11) is 0. The fraction of sp³-hybridized carbons (Fsp3) is 0.533. The Morgan fingerprint density at radius 3 is 1.77 bits per heavy atom. The first-order valence-corrected chi connectivity index (χ1v) is 6.63. The molecule has 122 valence electrons. The summed E-state index contributed by atoms with van der Waals surface area (Å²) in [6.07, 6.45) is 1.55. The zero-order valence-corrected chi connectivity index (χ0v) is 12.9. The molecule has 0 amide bonds. The molecule has 0 unspecified atom stereocenters. The predicted octanol–water partition coefficient (Wildman–Crippen LogP) is 1.07. The van der Waals surface area contributed by atoms with Crippen LogP contribution in [0.4, 0.5) is 0 Å². The molecule has 0 aromatic heterocycles. The molecule has 0 aromatic rings. The summed E-state index contributed by atoms with van der Waals surface area (Å²) in [4.78, 5) is 36.7. The molecular weight excluding hydrogens is 290 g/mol. The molecule has 0 aliphatic carbocycles. The molecule has 0 heterocycles. The molecule has 0 saturated heterocycles. The Bertz CT molecular complexity index is 458. The van der Waals surface area contributed by atoms with E-state index in [4.69, 9.17) is 9.47 Å². The van der Waals surface area contributed by atoms with Crippen LogP contribution in [0, 0.1) is 0 Å². The van der Waals surface area contributed by atoms with Gasteiger partial charge in [-0.05, 0) is 13.8 Å². The number of hydrogen-bond donors (Lipinski definition) is 1. The number of rotatable bonds is 10. The highest BCUT2D eigenvalue weighted by Crippen LogP contribution is 2.21. The van der Waals surface area contributed by atoms with Gasteiger partial charge in [-0.3, -0.25) is 0 Å². The van der Waals surface area contributed by atoms with Crippen molar-refractivity contribution in [1.82, 2.24) is 0 Å². The van der Waals surface area contributed by atoms with E-state index in [9.17, 15) is 19.5 Å². The summed E-state index contributed by atoms with van der Waals surface area (Å²) in [5.41, 5.74) is -0.736. The third-order valence-corrected chi connectivity index (χ3v) is 2.88. The Hall–Kier alpha value is -2.24. The summed E-state index contributed by atoms with van der Waals surface area (Å²) in [6, 6.07) is 0. The second-order valence-electron chi connectivity index (χ2n) is 4.92. The van der Waals surface area contributed by atoms with Gasteiger partial charge < -0.3 is 14.6 Å². The van der Waals surface area contributed by atoms with Crippen LogP contribution in [0.25, 0.3) is 0 Å². The van der Waals surface area contributed by atoms with Gasteiger partial charge in [-0.15, -0.1) is 0 Å². The molecule has 0 radical (unpaired) electrons. The smallest absolute Gasteiger partial charge is 0.333 e. The monoisotopic (exact) mass is 311 g/mol. The van der Waals surface area contributed by atoms with Crippen LogP contribution in [0.5, 0.6) is 0 Å². The molecule has 0 rings (SSSR count). The van der Waals surface area contributed by atoms with Crippen molar-refractivity contribution in [2.45, 2.75) is 32.2 Å². The van der Waals surface area contributed by atoms with Crippen LogP contribution < -0.4 is 0 Å². The van der Waals surface area contributed by atoms with Crippen LogP contribution in [-0.2, 0) is 23.9 Å². The second-order valence-corrected chi connectivity index (χ2v) is 4.92. The maximum absolute atomic E-state index is 11.3. The van der Waals surface area contributed by atoms with Gasteiger partial charge in [0.1, 0.15) is 5.54 Å². The molecule has 0 fully saturated rings. The van der Waals surface area contributed by atoms with Crippen LogP contribution in [0.15, 0.2) is 29.3 Å². The second kappa shape index (κ2) is 9.65. The summed E-state index contributed by atoms with van der Waals surface area (Å²) in [6.45, 7) is 9.28. The van der Waals surface area contributed by atoms with E-state index in [0.29, 0.717) is 0 Å². The minimum atomic E-state index is -1.22. The average Bonchev–Trinajstić information content (AvgIpc) is 2.46. The largest absolute Gasteiger partial charge is 0.462 e. The van der Waals surface area contributed by atoms with Gasteiger partial charge in [0, 0.05) is 24.0 Å². The van der Waals surface area contributed by atoms with E-state index in [1.165, 1.54) is 19.9 Å². The first-order valence-electron chi connectivity index (χ1n) is 6.63. The highest BCUT2D eigenvalue weighted by molar-refractivity contribution is 5.87. The number of ether oxygens (including phenoxy) is 2. The topological polar surface area (TPSA) is 102 Å². The quantitative estimate of drug-likeness (QED) is 0.280. The Labute approximate surface area is 129 Å². The maximum Gasteiger partial charge on any atom is 0.333 e. The van der Waals surface area contributed by atoms with Gasteiger partial charge in [-0.2, -0.15) is 4.99 Å². The molecule has 0 atom stereocenters. The molecule has 7 heteroatoms. The Kier molecular flexibility index (Phi) is 8.67. The van der Waals surface area contributed by atoms with Crippen molar-refractivity contribution in [3.05, 3.63) is 24.3 Å². The predicted molar refractivity (Wildman–Crippen MR) is 78.7 cm³/mol. The lowest BCUT2D eigenvalue weighted by Gasteiger charge is -2.25. The molecule has 22 heavy (non-hydrogen) atoms. The van der Waals surface area contributed by atoms with Crippen LogP contribution in [-0.4, -0.2) is 48.5 Å². The average molecular weight is 311 g/mol. The van der Waals surface area contributed by atoms with Gasteiger partial charge >= 0.3 is 11.9 Å². The van der Waals surface area contributed by atoms with E-state index >= 15 is 0 Å². The van der Waals surface area contributed by atoms with Crippen molar-refractivity contribution in [2.75, 3.05) is 19.8 Å². The summed E-state index contributed by atoms with van der Waals surface area (Å²) in [5, 5.41) is 9.47. The Morgan fingerprint density at radius 2 is 1.50 bits per heavy atom. The van der Waals surface area contributed by atoms with Crippen molar-refractivity contribution in [3.8, 4) is 0 Å². The fourth-order valence-electron chi connectivity index (χ4n) is 1.44. The normalized spacial score (nSPS) is 10.3. The van der Waals surface area contributed by atoms with E-state index < -0.39 is 24.1 Å². The van der Waals surface area contributed by atoms with E-state index in [0.717, 1.165) is 0 Å². The van der Waals surface area contributed by atoms with Crippen molar-refractivity contribution in [2.24, 2.45) is 4.99 Å². The Morgan fingerprint density at radius 1 is 1.09 bits per heavy atom. The molecular formula is C15H21NO6. The lowest BCUT2D eigenvalue weighted by atomic mass is 9.94. The number of nitrogens with zero attached hydrogens (tertiary/aromatic N) is 1. The zero-order chi connectivity index (χ0) is 17.2. The number of esters is 2. The molecule has 1 N–H and O–H groups in total. The zero-order valence-electron chi connectivity index (χ0n) is 12.9. The van der Waals surface area contributed by atoms with Crippen molar-refractivity contribution in [3.63, 3.8) is 0 Å². The van der Waals surface area contributed by atoms with Gasteiger partial charge in [-0.25, -0.2) is 14.4 Å². The lowest BCUT2D eigenvalue weighted by molar-refractivity contribution is -0.139. The van der Waals surface area contributed by atoms with Gasteiger partial charge in [0.15, 0.2) is 0 Å². The fourth-order valence-corrected chi connectivity index (χ4v) is 1.44. The highest BCUT2D eigenvalue weighted by atomic mass is 16.5. The molecule has 0 bridgehead atoms. The van der Waals surface area contributed by atoms with E-state index in [1.54, 1.807) is 0 Å². The standard InChI is InChI=1S/C15H21NO6/c1-11(2)13(19)21-7-5-15(9-17,16-10-18)6-8-22-14(20)12(3)4/h17H,1,3,5-9H2,2,4H3.